The number of carbonyl (C=O) groups is 5. The van der Waals surface area contributed by atoms with Crippen LogP contribution in [-0.2, 0) is 41.6 Å². The third kappa shape index (κ3) is 7.00. The quantitative estimate of drug-likeness (QED) is 0.234. The number of imide groups is 2. The zero-order chi connectivity index (χ0) is 30.5. The Morgan fingerprint density at radius 2 is 1.86 bits per heavy atom. The van der Waals surface area contributed by atoms with Crippen LogP contribution in [0.4, 0.5) is 10.5 Å². The molecule has 1 aromatic carbocycles. The van der Waals surface area contributed by atoms with Gasteiger partial charge in [-0.2, -0.15) is 4.98 Å². The number of para-hydroxylation sites is 2. The lowest BCUT2D eigenvalue weighted by Gasteiger charge is -2.36. The van der Waals surface area contributed by atoms with Crippen molar-refractivity contribution in [3.63, 3.8) is 0 Å². The maximum Gasteiger partial charge on any atom is 0.334 e. The Morgan fingerprint density at radius 3 is 2.60 bits per heavy atom. The van der Waals surface area contributed by atoms with E-state index in [0.29, 0.717) is 37.7 Å². The number of nitrogens with zero attached hydrogens (tertiary/aromatic N) is 6. The molecule has 3 heterocycles. The molecule has 0 spiro atoms. The van der Waals surface area contributed by atoms with Crippen LogP contribution in [0.15, 0.2) is 28.8 Å². The summed E-state index contributed by atoms with van der Waals surface area (Å²) in [7, 11) is 3.03. The van der Waals surface area contributed by atoms with E-state index in [9.17, 15) is 24.0 Å². The summed E-state index contributed by atoms with van der Waals surface area (Å²) < 4.78 is 21.7. The van der Waals surface area contributed by atoms with Crippen molar-refractivity contribution in [2.24, 2.45) is 5.92 Å². The maximum absolute atomic E-state index is 13.7. The predicted octanol–water partition coefficient (Wildman–Crippen LogP) is 0.619. The Morgan fingerprint density at radius 1 is 1.09 bits per heavy atom. The second kappa shape index (κ2) is 13.3. The molecule has 0 unspecified atom stereocenters. The van der Waals surface area contributed by atoms with Gasteiger partial charge in [0.25, 0.3) is 0 Å². The molecule has 2 aliphatic heterocycles. The number of aromatic nitrogens is 2. The lowest BCUT2D eigenvalue weighted by Crippen LogP contribution is -2.51. The Labute approximate surface area is 247 Å². The van der Waals surface area contributed by atoms with Crippen molar-refractivity contribution in [1.29, 1.82) is 0 Å². The second-order valence-electron chi connectivity index (χ2n) is 10.6. The predicted molar refractivity (Wildman–Crippen MR) is 147 cm³/mol. The number of anilines is 1. The largest absolute Gasteiger partial charge is 0.495 e. The summed E-state index contributed by atoms with van der Waals surface area (Å²) in [5, 5.41) is 3.87. The lowest BCUT2D eigenvalue weighted by molar-refractivity contribution is -0.143. The smallest absolute Gasteiger partial charge is 0.334 e. The molecular weight excluding hydrogens is 564 g/mol. The molecule has 15 heteroatoms. The molecule has 0 N–H and O–H groups in total. The molecule has 6 amide bonds. The number of morpholine rings is 1. The van der Waals surface area contributed by atoms with Crippen LogP contribution in [0, 0.1) is 5.92 Å². The van der Waals surface area contributed by atoms with Gasteiger partial charge < -0.3 is 28.5 Å². The fraction of sp³-hybridized carbons (Fsp3) is 0.536. The number of rotatable bonds is 13. The third-order valence-electron chi connectivity index (χ3n) is 7.46. The first kappa shape index (κ1) is 30.1. The molecular formula is C28H34N6O9. The first-order chi connectivity index (χ1) is 20.8. The van der Waals surface area contributed by atoms with Gasteiger partial charge in [0.1, 0.15) is 12.3 Å². The van der Waals surface area contributed by atoms with Crippen LogP contribution in [-0.4, -0.2) is 114 Å². The van der Waals surface area contributed by atoms with Crippen molar-refractivity contribution in [1.82, 2.24) is 24.8 Å². The molecule has 0 bridgehead atoms. The van der Waals surface area contributed by atoms with Crippen molar-refractivity contribution >= 4 is 35.3 Å². The Balaban J connectivity index is 1.27. The highest BCUT2D eigenvalue weighted by Gasteiger charge is 2.46. The first-order valence-corrected chi connectivity index (χ1v) is 14.1. The molecule has 2 aromatic rings. The van der Waals surface area contributed by atoms with E-state index in [1.165, 1.54) is 19.1 Å². The van der Waals surface area contributed by atoms with Crippen molar-refractivity contribution in [2.45, 2.75) is 38.3 Å². The SMILES string of the molecule is COCCC(=O)N1CCO[C@@H](CN(C(=O)Cc2noc(CN3C(=O)C(=O)N(CC4CC4)C3=O)n2)c2ccccc2OC)C1. The standard InChI is InChI=1S/C28H34N6O9/c1-40-11-9-24(35)31-10-12-42-19(15-31)16-32(20-5-3-4-6-21(20)41-2)25(36)13-22-29-23(43-30-22)17-34-27(38)26(37)33(28(34)39)14-18-7-8-18/h3-6,18-19H,7-17H2,1-2H3/t19-/m1/s1. The molecule has 3 fully saturated rings. The summed E-state index contributed by atoms with van der Waals surface area (Å²) in [6, 6.07) is 6.29. The fourth-order valence-electron chi connectivity index (χ4n) is 5.00. The summed E-state index contributed by atoms with van der Waals surface area (Å²) in [6.07, 6.45) is 1.32. The van der Waals surface area contributed by atoms with Crippen molar-refractivity contribution in [3.05, 3.63) is 36.0 Å². The Bertz CT molecular complexity index is 1380. The van der Waals surface area contributed by atoms with Crippen molar-refractivity contribution < 1.29 is 42.7 Å². The Kier molecular flexibility index (Phi) is 9.31. The summed E-state index contributed by atoms with van der Waals surface area (Å²) in [6.45, 7) is 1.32. The van der Waals surface area contributed by atoms with Crippen LogP contribution in [0.3, 0.4) is 0 Å². The number of urea groups is 1. The van der Waals surface area contributed by atoms with Crippen LogP contribution >= 0.6 is 0 Å². The first-order valence-electron chi connectivity index (χ1n) is 14.1. The molecule has 5 rings (SSSR count). The molecule has 15 nitrogen and oxygen atoms in total. The van der Waals surface area contributed by atoms with E-state index in [1.54, 1.807) is 29.2 Å². The summed E-state index contributed by atoms with van der Waals surface area (Å²) >= 11 is 0. The van der Waals surface area contributed by atoms with E-state index in [2.05, 4.69) is 10.1 Å². The van der Waals surface area contributed by atoms with Crippen LogP contribution < -0.4 is 9.64 Å². The monoisotopic (exact) mass is 598 g/mol. The number of amides is 6. The van der Waals surface area contributed by atoms with Gasteiger partial charge in [0.05, 0.1) is 51.5 Å². The molecule has 3 aliphatic rings. The molecule has 1 aliphatic carbocycles. The van der Waals surface area contributed by atoms with Gasteiger partial charge >= 0.3 is 17.8 Å². The van der Waals surface area contributed by atoms with Gasteiger partial charge in [0.2, 0.25) is 17.7 Å². The molecule has 1 atom stereocenters. The van der Waals surface area contributed by atoms with Gasteiger partial charge in [-0.05, 0) is 30.9 Å². The molecule has 1 saturated carbocycles. The average Bonchev–Trinajstić information content (AvgIpc) is 3.71. The van der Waals surface area contributed by atoms with E-state index in [4.69, 9.17) is 18.7 Å². The number of hydrogen-bond acceptors (Lipinski definition) is 11. The van der Waals surface area contributed by atoms with Crippen LogP contribution in [0.25, 0.3) is 0 Å². The van der Waals surface area contributed by atoms with Crippen LogP contribution in [0.5, 0.6) is 5.75 Å². The minimum Gasteiger partial charge on any atom is -0.495 e. The van der Waals surface area contributed by atoms with Crippen molar-refractivity contribution in [2.75, 3.05) is 58.5 Å². The number of ether oxygens (including phenoxy) is 3. The molecule has 1 aromatic heterocycles. The van der Waals surface area contributed by atoms with Gasteiger partial charge in [-0.15, -0.1) is 0 Å². The van der Waals surface area contributed by atoms with Crippen LogP contribution in [0.1, 0.15) is 31.0 Å². The van der Waals surface area contributed by atoms with Gasteiger partial charge in [0, 0.05) is 26.7 Å². The lowest BCUT2D eigenvalue weighted by atomic mass is 10.2. The minimum atomic E-state index is -0.953. The van der Waals surface area contributed by atoms with E-state index in [-0.39, 0.29) is 56.0 Å². The second-order valence-corrected chi connectivity index (χ2v) is 10.6. The van der Waals surface area contributed by atoms with Crippen molar-refractivity contribution in [3.8, 4) is 5.75 Å². The molecule has 2 saturated heterocycles. The van der Waals surface area contributed by atoms with E-state index >= 15 is 0 Å². The van der Waals surface area contributed by atoms with Gasteiger partial charge in [-0.1, -0.05) is 17.3 Å². The summed E-state index contributed by atoms with van der Waals surface area (Å²) in [5.41, 5.74) is 0.493. The van der Waals surface area contributed by atoms with Gasteiger partial charge in [-0.25, -0.2) is 9.69 Å². The normalized spacial score (nSPS) is 18.9. The number of benzene rings is 1. The minimum absolute atomic E-state index is 0.0288. The number of carbonyl (C=O) groups excluding carboxylic acids is 5. The molecule has 0 radical (unpaired) electrons. The zero-order valence-electron chi connectivity index (χ0n) is 24.1. The molecule has 43 heavy (non-hydrogen) atoms. The highest BCUT2D eigenvalue weighted by atomic mass is 16.5. The fourth-order valence-corrected chi connectivity index (χ4v) is 5.00. The highest BCUT2D eigenvalue weighted by molar-refractivity contribution is 6.44. The van der Waals surface area contributed by atoms with Gasteiger partial charge in [0.15, 0.2) is 5.82 Å². The Hall–Kier alpha value is -4.37. The van der Waals surface area contributed by atoms with E-state index in [0.717, 1.165) is 22.6 Å². The van der Waals surface area contributed by atoms with Crippen LogP contribution in [0.2, 0.25) is 0 Å². The topological polar surface area (TPSA) is 165 Å². The number of methoxy groups -OCH3 is 2. The maximum atomic E-state index is 13.7. The summed E-state index contributed by atoms with van der Waals surface area (Å²) in [4.78, 5) is 72.8. The average molecular weight is 599 g/mol. The van der Waals surface area contributed by atoms with Gasteiger partial charge in [-0.3, -0.25) is 24.1 Å². The zero-order valence-corrected chi connectivity index (χ0v) is 24.1. The van der Waals surface area contributed by atoms with E-state index in [1.807, 2.05) is 0 Å². The summed E-state index contributed by atoms with van der Waals surface area (Å²) in [5.74, 6) is -1.66. The number of hydrogen-bond donors (Lipinski definition) is 0. The molecule has 230 valence electrons. The van der Waals surface area contributed by atoms with E-state index < -0.39 is 29.9 Å². The third-order valence-corrected chi connectivity index (χ3v) is 7.46. The highest BCUT2D eigenvalue weighted by Crippen LogP contribution is 2.32.